The Labute approximate surface area is 189 Å². The number of amides is 2. The average molecular weight is 467 g/mol. The summed E-state index contributed by atoms with van der Waals surface area (Å²) in [5.74, 6) is -0.460. The molecule has 0 unspecified atom stereocenters. The van der Waals surface area contributed by atoms with Crippen LogP contribution in [0.3, 0.4) is 0 Å². The van der Waals surface area contributed by atoms with Gasteiger partial charge in [0.25, 0.3) is 11.8 Å². The molecule has 0 saturated carbocycles. The fourth-order valence-corrected chi connectivity index (χ4v) is 3.32. The first-order chi connectivity index (χ1) is 14.8. The van der Waals surface area contributed by atoms with Crippen LogP contribution in [0.1, 0.15) is 18.4 Å². The van der Waals surface area contributed by atoms with E-state index < -0.39 is 17.8 Å². The largest absolute Gasteiger partial charge is 0.484 e. The number of nitrogens with one attached hydrogen (secondary N) is 2. The number of rotatable bonds is 8. The average Bonchev–Trinajstić information content (AvgIpc) is 2.74. The highest BCUT2D eigenvalue weighted by molar-refractivity contribution is 6.31. The molecule has 6 nitrogen and oxygen atoms in total. The number of hydrogen-bond acceptors (Lipinski definition) is 4. The minimum absolute atomic E-state index is 0.0283. The monoisotopic (exact) mass is 466 g/mol. The first-order valence-electron chi connectivity index (χ1n) is 9.60. The molecule has 3 rings (SSSR count). The van der Waals surface area contributed by atoms with Crippen molar-refractivity contribution in [2.75, 3.05) is 13.2 Å². The summed E-state index contributed by atoms with van der Waals surface area (Å²) in [5.41, 5.74) is 1.40. The SMILES string of the molecule is C=C(CCNC(=O)[C@H]1CCc2cc(Cl)ccc2O1)NC(=O)COc1ccc(Cl)c(F)c1. The zero-order chi connectivity index (χ0) is 22.4. The van der Waals surface area contributed by atoms with Crippen LogP contribution in [0, 0.1) is 5.82 Å². The van der Waals surface area contributed by atoms with Gasteiger partial charge in [0, 0.05) is 29.8 Å². The van der Waals surface area contributed by atoms with E-state index in [0.29, 0.717) is 35.7 Å². The zero-order valence-electron chi connectivity index (χ0n) is 16.6. The van der Waals surface area contributed by atoms with Crippen molar-refractivity contribution in [3.05, 3.63) is 70.1 Å². The van der Waals surface area contributed by atoms with Crippen molar-refractivity contribution in [3.8, 4) is 11.5 Å². The van der Waals surface area contributed by atoms with Gasteiger partial charge in [0.15, 0.2) is 12.7 Å². The molecule has 2 aromatic rings. The van der Waals surface area contributed by atoms with E-state index >= 15 is 0 Å². The molecule has 31 heavy (non-hydrogen) atoms. The van der Waals surface area contributed by atoms with Gasteiger partial charge in [0.05, 0.1) is 5.02 Å². The van der Waals surface area contributed by atoms with Crippen LogP contribution in [0.2, 0.25) is 10.0 Å². The molecule has 2 aromatic carbocycles. The van der Waals surface area contributed by atoms with Crippen LogP contribution in [0.15, 0.2) is 48.7 Å². The molecule has 0 fully saturated rings. The predicted molar refractivity (Wildman–Crippen MR) is 116 cm³/mol. The molecular formula is C22H21Cl2FN2O4. The van der Waals surface area contributed by atoms with Gasteiger partial charge in [-0.05, 0) is 48.7 Å². The van der Waals surface area contributed by atoms with Crippen LogP contribution in [0.25, 0.3) is 0 Å². The summed E-state index contributed by atoms with van der Waals surface area (Å²) >= 11 is 11.6. The second-order valence-electron chi connectivity index (χ2n) is 6.95. The normalized spacial score (nSPS) is 14.7. The summed E-state index contributed by atoms with van der Waals surface area (Å²) in [6.45, 7) is 3.74. The molecule has 164 valence electrons. The van der Waals surface area contributed by atoms with Crippen molar-refractivity contribution in [2.45, 2.75) is 25.4 Å². The maximum atomic E-state index is 13.4. The summed E-state index contributed by atoms with van der Waals surface area (Å²) in [7, 11) is 0. The zero-order valence-corrected chi connectivity index (χ0v) is 18.1. The van der Waals surface area contributed by atoms with E-state index in [-0.39, 0.29) is 29.8 Å². The minimum Gasteiger partial charge on any atom is -0.484 e. The van der Waals surface area contributed by atoms with Crippen LogP contribution in [-0.2, 0) is 16.0 Å². The lowest BCUT2D eigenvalue weighted by molar-refractivity contribution is -0.128. The third kappa shape index (κ3) is 6.60. The quantitative estimate of drug-likeness (QED) is 0.615. The summed E-state index contributed by atoms with van der Waals surface area (Å²) in [6, 6.07) is 9.22. The van der Waals surface area contributed by atoms with E-state index in [4.69, 9.17) is 32.7 Å². The predicted octanol–water partition coefficient (Wildman–Crippen LogP) is 4.04. The third-order valence-corrected chi connectivity index (χ3v) is 5.10. The van der Waals surface area contributed by atoms with Crippen molar-refractivity contribution < 1.29 is 23.5 Å². The lowest BCUT2D eigenvalue weighted by atomic mass is 10.0. The van der Waals surface area contributed by atoms with E-state index in [1.807, 2.05) is 6.07 Å². The third-order valence-electron chi connectivity index (χ3n) is 4.56. The minimum atomic E-state index is -0.631. The standard InChI is InChI=1S/C22H21Cl2FN2O4/c1-13(27-21(28)12-30-16-4-5-17(24)18(25)11-16)8-9-26-22(29)20-6-2-14-10-15(23)3-7-19(14)31-20/h3-5,7,10-11,20H,1-2,6,8-9,12H2,(H,26,29)(H,27,28)/t20-/m1/s1. The van der Waals surface area contributed by atoms with Gasteiger partial charge in [0.2, 0.25) is 0 Å². The Morgan fingerprint density at radius 1 is 1.23 bits per heavy atom. The van der Waals surface area contributed by atoms with Crippen LogP contribution in [0.5, 0.6) is 11.5 Å². The van der Waals surface area contributed by atoms with E-state index in [2.05, 4.69) is 17.2 Å². The molecular weight excluding hydrogens is 446 g/mol. The molecule has 2 amide bonds. The molecule has 0 saturated heterocycles. The lowest BCUT2D eigenvalue weighted by Crippen LogP contribution is -2.41. The number of halogens is 3. The van der Waals surface area contributed by atoms with E-state index in [9.17, 15) is 14.0 Å². The highest BCUT2D eigenvalue weighted by atomic mass is 35.5. The Kier molecular flexibility index (Phi) is 7.76. The fourth-order valence-electron chi connectivity index (χ4n) is 3.00. The van der Waals surface area contributed by atoms with Crippen LogP contribution in [0.4, 0.5) is 4.39 Å². The number of aryl methyl sites for hydroxylation is 1. The Balaban J connectivity index is 1.35. The van der Waals surface area contributed by atoms with Crippen molar-refractivity contribution in [3.63, 3.8) is 0 Å². The molecule has 1 heterocycles. The lowest BCUT2D eigenvalue weighted by Gasteiger charge is -2.25. The Morgan fingerprint density at radius 2 is 2.03 bits per heavy atom. The number of carbonyl (C=O) groups excluding carboxylic acids is 2. The maximum Gasteiger partial charge on any atom is 0.262 e. The van der Waals surface area contributed by atoms with Crippen LogP contribution < -0.4 is 20.1 Å². The fraction of sp³-hybridized carbons (Fsp3) is 0.273. The Morgan fingerprint density at radius 3 is 2.81 bits per heavy atom. The molecule has 0 aromatic heterocycles. The second-order valence-corrected chi connectivity index (χ2v) is 7.80. The van der Waals surface area contributed by atoms with E-state index in [1.165, 1.54) is 12.1 Å². The van der Waals surface area contributed by atoms with Crippen molar-refractivity contribution in [1.29, 1.82) is 0 Å². The number of hydrogen-bond donors (Lipinski definition) is 2. The van der Waals surface area contributed by atoms with Crippen LogP contribution >= 0.6 is 23.2 Å². The summed E-state index contributed by atoms with van der Waals surface area (Å²) in [4.78, 5) is 24.3. The topological polar surface area (TPSA) is 76.7 Å². The summed E-state index contributed by atoms with van der Waals surface area (Å²) in [5, 5.41) is 5.96. The molecule has 1 atom stereocenters. The molecule has 0 aliphatic carbocycles. The molecule has 0 bridgehead atoms. The van der Waals surface area contributed by atoms with E-state index in [1.54, 1.807) is 12.1 Å². The first-order valence-corrected chi connectivity index (χ1v) is 10.4. The van der Waals surface area contributed by atoms with E-state index in [0.717, 1.165) is 11.6 Å². The van der Waals surface area contributed by atoms with Gasteiger partial charge in [-0.2, -0.15) is 0 Å². The second kappa shape index (κ2) is 10.5. The van der Waals surface area contributed by atoms with Gasteiger partial charge >= 0.3 is 0 Å². The van der Waals surface area contributed by atoms with Gasteiger partial charge in [-0.1, -0.05) is 29.8 Å². The number of carbonyl (C=O) groups is 2. The Bertz CT molecular complexity index is 999. The number of fused-ring (bicyclic) bond motifs is 1. The van der Waals surface area contributed by atoms with Gasteiger partial charge in [-0.3, -0.25) is 9.59 Å². The first kappa shape index (κ1) is 22.9. The highest BCUT2D eigenvalue weighted by Gasteiger charge is 2.25. The van der Waals surface area contributed by atoms with Gasteiger partial charge in [-0.25, -0.2) is 4.39 Å². The molecule has 2 N–H and O–H groups in total. The maximum absolute atomic E-state index is 13.4. The van der Waals surface area contributed by atoms with Gasteiger partial charge in [-0.15, -0.1) is 0 Å². The molecule has 0 spiro atoms. The highest BCUT2D eigenvalue weighted by Crippen LogP contribution is 2.30. The molecule has 0 radical (unpaired) electrons. The van der Waals surface area contributed by atoms with Crippen molar-refractivity contribution >= 4 is 35.0 Å². The van der Waals surface area contributed by atoms with Gasteiger partial charge < -0.3 is 20.1 Å². The molecule has 1 aliphatic rings. The van der Waals surface area contributed by atoms with Crippen LogP contribution in [-0.4, -0.2) is 31.1 Å². The van der Waals surface area contributed by atoms with Crippen molar-refractivity contribution in [2.24, 2.45) is 0 Å². The summed E-state index contributed by atoms with van der Waals surface area (Å²) < 4.78 is 24.3. The smallest absolute Gasteiger partial charge is 0.262 e. The molecule has 9 heteroatoms. The summed E-state index contributed by atoms with van der Waals surface area (Å²) in [6.07, 6.45) is 1.02. The number of ether oxygens (including phenoxy) is 2. The van der Waals surface area contributed by atoms with Gasteiger partial charge in [0.1, 0.15) is 17.3 Å². The Hall–Kier alpha value is -2.77. The molecule has 1 aliphatic heterocycles. The number of benzene rings is 2. The van der Waals surface area contributed by atoms with Crippen molar-refractivity contribution in [1.82, 2.24) is 10.6 Å².